The van der Waals surface area contributed by atoms with Crippen LogP contribution < -0.4 is 0 Å². The number of pyridine rings is 1. The van der Waals surface area contributed by atoms with Crippen LogP contribution in [0.4, 0.5) is 0 Å². The Hall–Kier alpha value is -6.05. The van der Waals surface area contributed by atoms with Crippen LogP contribution in [0.15, 0.2) is 176 Å². The highest BCUT2D eigenvalue weighted by Gasteiger charge is 2.53. The van der Waals surface area contributed by atoms with Crippen molar-refractivity contribution in [3.63, 3.8) is 0 Å². The summed E-state index contributed by atoms with van der Waals surface area (Å²) in [6.45, 7) is 4.80. The first-order valence-electron chi connectivity index (χ1n) is 17.6. The van der Waals surface area contributed by atoms with Crippen LogP contribution in [0.2, 0.25) is 0 Å². The molecule has 0 amide bonds. The third-order valence-corrected chi connectivity index (χ3v) is 11.4. The first-order valence-corrected chi connectivity index (χ1v) is 17.6. The lowest BCUT2D eigenvalue weighted by molar-refractivity contribution is 0.563. The number of nitrogens with zero attached hydrogens (tertiary/aromatic N) is 1. The van der Waals surface area contributed by atoms with Crippen molar-refractivity contribution in [1.82, 2.24) is 4.98 Å². The van der Waals surface area contributed by atoms with Crippen LogP contribution in [0.1, 0.15) is 47.2 Å². The summed E-state index contributed by atoms with van der Waals surface area (Å²) in [4.78, 5) is 5.06. The molecule has 50 heavy (non-hydrogen) atoms. The summed E-state index contributed by atoms with van der Waals surface area (Å²) < 4.78 is 0. The molecule has 0 unspecified atom stereocenters. The third kappa shape index (κ3) is 3.98. The molecule has 1 heteroatoms. The van der Waals surface area contributed by atoms with Gasteiger partial charge in [-0.15, -0.1) is 0 Å². The predicted octanol–water partition coefficient (Wildman–Crippen LogP) is 12.2. The molecule has 0 aliphatic heterocycles. The lowest BCUT2D eigenvalue weighted by Crippen LogP contribution is -2.40. The van der Waals surface area contributed by atoms with E-state index < -0.39 is 0 Å². The van der Waals surface area contributed by atoms with E-state index in [-0.39, 0.29) is 10.8 Å². The molecule has 1 nitrogen and oxygen atoms in total. The van der Waals surface area contributed by atoms with Crippen molar-refractivity contribution in [2.75, 3.05) is 0 Å². The largest absolute Gasteiger partial charge is 0.248 e. The van der Waals surface area contributed by atoms with Crippen LogP contribution in [0.3, 0.4) is 0 Å². The molecule has 0 N–H and O–H groups in total. The summed E-state index contributed by atoms with van der Waals surface area (Å²) in [6, 6.07) is 64.8. The number of hydrogen-bond acceptors (Lipinski definition) is 1. The Morgan fingerprint density at radius 3 is 1.68 bits per heavy atom. The minimum atomic E-state index is -0.371. The van der Waals surface area contributed by atoms with Gasteiger partial charge in [0, 0.05) is 16.4 Å². The third-order valence-electron chi connectivity index (χ3n) is 11.4. The molecule has 0 atom stereocenters. The maximum Gasteiger partial charge on any atom is 0.0719 e. The summed E-state index contributed by atoms with van der Waals surface area (Å²) in [7, 11) is 0. The van der Waals surface area contributed by atoms with Crippen molar-refractivity contribution in [2.24, 2.45) is 0 Å². The molecule has 236 valence electrons. The molecule has 7 aromatic carbocycles. The van der Waals surface area contributed by atoms with E-state index in [2.05, 4.69) is 184 Å². The van der Waals surface area contributed by atoms with Gasteiger partial charge in [0.15, 0.2) is 0 Å². The Bertz CT molecular complexity index is 2580. The van der Waals surface area contributed by atoms with E-state index in [1.165, 1.54) is 66.8 Å². The van der Waals surface area contributed by atoms with Crippen LogP contribution in [0, 0.1) is 0 Å². The van der Waals surface area contributed by atoms with Crippen molar-refractivity contribution >= 4 is 10.9 Å². The highest BCUT2D eigenvalue weighted by atomic mass is 14.7. The Morgan fingerprint density at radius 2 is 0.920 bits per heavy atom. The van der Waals surface area contributed by atoms with E-state index in [0.717, 1.165) is 22.2 Å². The van der Waals surface area contributed by atoms with E-state index in [1.807, 2.05) is 6.07 Å². The van der Waals surface area contributed by atoms with Gasteiger partial charge in [-0.05, 0) is 91.0 Å². The molecule has 0 saturated carbocycles. The highest BCUT2D eigenvalue weighted by Crippen LogP contribution is 2.62. The van der Waals surface area contributed by atoms with Crippen LogP contribution in [-0.4, -0.2) is 4.98 Å². The molecule has 2 aliphatic rings. The number of fused-ring (bicyclic) bond motifs is 10. The highest BCUT2D eigenvalue weighted by molar-refractivity contribution is 5.96. The number of aromatic nitrogens is 1. The molecule has 10 rings (SSSR count). The molecule has 8 aromatic rings. The van der Waals surface area contributed by atoms with E-state index in [0.29, 0.717) is 0 Å². The van der Waals surface area contributed by atoms with Crippen molar-refractivity contribution in [3.05, 3.63) is 209 Å². The molecule has 1 aromatic heterocycles. The summed E-state index contributed by atoms with van der Waals surface area (Å²) in [6.07, 6.45) is 0. The van der Waals surface area contributed by atoms with Gasteiger partial charge in [-0.25, -0.2) is 4.98 Å². The van der Waals surface area contributed by atoms with E-state index in [9.17, 15) is 0 Å². The molecular formula is C49H35N. The molecule has 1 spiro atoms. The fourth-order valence-corrected chi connectivity index (χ4v) is 9.07. The Kier molecular flexibility index (Phi) is 6.20. The molecule has 0 bridgehead atoms. The van der Waals surface area contributed by atoms with Gasteiger partial charge in [0.1, 0.15) is 0 Å². The minimum Gasteiger partial charge on any atom is -0.248 e. The van der Waals surface area contributed by atoms with Crippen LogP contribution in [-0.2, 0) is 10.8 Å². The predicted molar refractivity (Wildman–Crippen MR) is 207 cm³/mol. The average molecular weight is 638 g/mol. The normalized spacial score (nSPS) is 14.5. The number of benzene rings is 7. The van der Waals surface area contributed by atoms with Crippen LogP contribution >= 0.6 is 0 Å². The second-order valence-electron chi connectivity index (χ2n) is 14.3. The number of hydrogen-bond donors (Lipinski definition) is 0. The van der Waals surface area contributed by atoms with E-state index in [1.54, 1.807) is 0 Å². The van der Waals surface area contributed by atoms with Crippen LogP contribution in [0.5, 0.6) is 0 Å². The van der Waals surface area contributed by atoms with Crippen molar-refractivity contribution in [3.8, 4) is 44.6 Å². The summed E-state index contributed by atoms with van der Waals surface area (Å²) in [5.41, 5.74) is 18.4. The SMILES string of the molecule is CC1(C)c2ccccc2C2(c3ccccc3-c3ccccc32)c2ccc(-c3cccc(-c4cccc5nc(-c6ccccc6)ccc45)c3)cc21. The van der Waals surface area contributed by atoms with Gasteiger partial charge in [0.25, 0.3) is 0 Å². The minimum absolute atomic E-state index is 0.185. The lowest BCUT2D eigenvalue weighted by atomic mass is 9.55. The van der Waals surface area contributed by atoms with Crippen molar-refractivity contribution < 1.29 is 0 Å². The standard InChI is InChI=1S/C49H35N/c1-48(2)42-23-10-11-24-43(42)49(40-21-8-6-18-37(40)38-19-7-9-22-41(38)49)44-28-26-34(31-45(44)48)33-16-12-17-35(30-33)36-20-13-25-47-39(36)27-29-46(50-47)32-14-4-3-5-15-32/h3-31H,1-2H3. The van der Waals surface area contributed by atoms with Gasteiger partial charge in [0.05, 0.1) is 16.6 Å². The Morgan fingerprint density at radius 1 is 0.360 bits per heavy atom. The van der Waals surface area contributed by atoms with Crippen molar-refractivity contribution in [2.45, 2.75) is 24.7 Å². The zero-order chi connectivity index (χ0) is 33.5. The average Bonchev–Trinajstić information content (AvgIpc) is 3.48. The molecule has 0 radical (unpaired) electrons. The second-order valence-corrected chi connectivity index (χ2v) is 14.3. The molecule has 0 fully saturated rings. The fourth-order valence-electron chi connectivity index (χ4n) is 9.07. The monoisotopic (exact) mass is 637 g/mol. The topological polar surface area (TPSA) is 12.9 Å². The van der Waals surface area contributed by atoms with Gasteiger partial charge in [-0.1, -0.05) is 166 Å². The summed E-state index contributed by atoms with van der Waals surface area (Å²) >= 11 is 0. The van der Waals surface area contributed by atoms with Crippen molar-refractivity contribution in [1.29, 1.82) is 0 Å². The Labute approximate surface area is 293 Å². The molecular weight excluding hydrogens is 603 g/mol. The first kappa shape index (κ1) is 28.9. The van der Waals surface area contributed by atoms with Gasteiger partial charge in [-0.2, -0.15) is 0 Å². The van der Waals surface area contributed by atoms with Crippen LogP contribution in [0.25, 0.3) is 55.5 Å². The molecule has 0 saturated heterocycles. The molecule has 1 heterocycles. The molecule has 2 aliphatic carbocycles. The number of rotatable bonds is 3. The van der Waals surface area contributed by atoms with Gasteiger partial charge in [0.2, 0.25) is 0 Å². The van der Waals surface area contributed by atoms with E-state index in [4.69, 9.17) is 4.98 Å². The van der Waals surface area contributed by atoms with Gasteiger partial charge < -0.3 is 0 Å². The zero-order valence-electron chi connectivity index (χ0n) is 28.2. The lowest BCUT2D eigenvalue weighted by Gasteiger charge is -2.46. The van der Waals surface area contributed by atoms with E-state index >= 15 is 0 Å². The summed E-state index contributed by atoms with van der Waals surface area (Å²) in [5.74, 6) is 0. The smallest absolute Gasteiger partial charge is 0.0719 e. The first-order chi connectivity index (χ1) is 24.5. The second kappa shape index (κ2) is 10.7. The fraction of sp³-hybridized carbons (Fsp3) is 0.0816. The Balaban J connectivity index is 1.14. The summed E-state index contributed by atoms with van der Waals surface area (Å²) in [5, 5.41) is 1.16. The maximum absolute atomic E-state index is 5.06. The zero-order valence-corrected chi connectivity index (χ0v) is 28.2. The van der Waals surface area contributed by atoms with Gasteiger partial charge in [-0.3, -0.25) is 0 Å². The maximum atomic E-state index is 5.06. The van der Waals surface area contributed by atoms with Gasteiger partial charge >= 0.3 is 0 Å². The quantitative estimate of drug-likeness (QED) is 0.188.